The number of hydrogen-bond donors (Lipinski definition) is 1. The van der Waals surface area contributed by atoms with E-state index >= 15 is 0 Å². The van der Waals surface area contributed by atoms with Gasteiger partial charge in [-0.2, -0.15) is 10.1 Å². The summed E-state index contributed by atoms with van der Waals surface area (Å²) in [6.07, 6.45) is 3.09. The van der Waals surface area contributed by atoms with Gasteiger partial charge in [-0.05, 0) is 18.2 Å². The number of carbonyl (C=O) groups is 1. The van der Waals surface area contributed by atoms with Gasteiger partial charge in [0.1, 0.15) is 0 Å². The van der Waals surface area contributed by atoms with Crippen LogP contribution in [-0.2, 0) is 14.2 Å². The van der Waals surface area contributed by atoms with Crippen LogP contribution >= 0.6 is 0 Å². The Morgan fingerprint density at radius 1 is 1.26 bits per heavy atom. The molecule has 2 aliphatic rings. The maximum Gasteiger partial charge on any atom is 0.337 e. The number of nitrogens with one attached hydrogen (secondary N) is 1. The Hall–Kier alpha value is -2.78. The average Bonchev–Trinajstić information content (AvgIpc) is 3.16. The molecule has 0 atom stereocenters. The normalized spacial score (nSPS) is 18.5. The molecule has 0 aliphatic carbocycles. The van der Waals surface area contributed by atoms with E-state index in [1.807, 2.05) is 6.07 Å². The summed E-state index contributed by atoms with van der Waals surface area (Å²) in [7, 11) is 1.35. The quantitative estimate of drug-likeness (QED) is 0.806. The van der Waals surface area contributed by atoms with Gasteiger partial charge in [0.25, 0.3) is 0 Å². The number of aromatic nitrogens is 3. The summed E-state index contributed by atoms with van der Waals surface area (Å²) >= 11 is 0. The van der Waals surface area contributed by atoms with E-state index in [1.54, 1.807) is 24.4 Å². The van der Waals surface area contributed by atoms with Crippen molar-refractivity contribution in [3.05, 3.63) is 36.0 Å². The first-order chi connectivity index (χ1) is 13.2. The van der Waals surface area contributed by atoms with E-state index in [4.69, 9.17) is 14.2 Å². The Morgan fingerprint density at radius 3 is 2.78 bits per heavy atom. The topological polar surface area (TPSA) is 98.7 Å². The van der Waals surface area contributed by atoms with E-state index in [9.17, 15) is 4.79 Å². The minimum Gasteiger partial charge on any atom is -0.465 e. The van der Waals surface area contributed by atoms with Crippen LogP contribution in [0.5, 0.6) is 0 Å². The van der Waals surface area contributed by atoms with Crippen LogP contribution in [0.1, 0.15) is 23.2 Å². The van der Waals surface area contributed by atoms with Crippen LogP contribution in [0.4, 0.5) is 17.5 Å². The van der Waals surface area contributed by atoms with Gasteiger partial charge in [0.15, 0.2) is 11.6 Å². The first-order valence-electron chi connectivity index (χ1n) is 8.85. The van der Waals surface area contributed by atoms with E-state index in [1.165, 1.54) is 7.11 Å². The lowest BCUT2D eigenvalue weighted by atomic mass is 10.0. The Balaban J connectivity index is 1.45. The maximum absolute atomic E-state index is 11.7. The predicted octanol–water partition coefficient (Wildman–Crippen LogP) is 1.75. The lowest BCUT2D eigenvalue weighted by molar-refractivity contribution is -0.169. The Labute approximate surface area is 156 Å². The molecule has 1 aromatic carbocycles. The SMILES string of the molecule is COC(=O)c1cccc(Nc2cnnc(N3CCC4(CC3)OCCO4)n2)c1. The highest BCUT2D eigenvalue weighted by Gasteiger charge is 2.40. The molecule has 1 N–H and O–H groups in total. The standard InChI is InChI=1S/C18H21N5O4/c1-25-16(24)13-3-2-4-14(11-13)20-15-12-19-22-17(21-15)23-7-5-18(6-8-23)26-9-10-27-18/h2-4,11-12H,5-10H2,1H3,(H,20,21,22). The molecule has 2 fully saturated rings. The summed E-state index contributed by atoms with van der Waals surface area (Å²) in [6, 6.07) is 7.01. The van der Waals surface area contributed by atoms with Gasteiger partial charge >= 0.3 is 5.97 Å². The van der Waals surface area contributed by atoms with Crippen molar-refractivity contribution in [3.63, 3.8) is 0 Å². The van der Waals surface area contributed by atoms with Crippen molar-refractivity contribution in [2.75, 3.05) is 43.6 Å². The van der Waals surface area contributed by atoms with E-state index < -0.39 is 11.8 Å². The second kappa shape index (κ2) is 7.45. The second-order valence-corrected chi connectivity index (χ2v) is 6.43. The molecule has 0 bridgehead atoms. The summed E-state index contributed by atoms with van der Waals surface area (Å²) < 4.78 is 16.3. The Kier molecular flexibility index (Phi) is 4.87. The minimum atomic E-state index is -0.436. The number of anilines is 3. The summed E-state index contributed by atoms with van der Waals surface area (Å²) in [4.78, 5) is 18.3. The van der Waals surface area contributed by atoms with Gasteiger partial charge in [0.05, 0.1) is 32.1 Å². The average molecular weight is 371 g/mol. The second-order valence-electron chi connectivity index (χ2n) is 6.43. The fourth-order valence-corrected chi connectivity index (χ4v) is 3.31. The number of ether oxygens (including phenoxy) is 3. The highest BCUT2D eigenvalue weighted by atomic mass is 16.7. The molecule has 9 heteroatoms. The molecular formula is C18H21N5O4. The zero-order valence-corrected chi connectivity index (χ0v) is 15.1. The molecule has 2 aliphatic heterocycles. The number of piperidine rings is 1. The van der Waals surface area contributed by atoms with Gasteiger partial charge in [-0.1, -0.05) is 6.07 Å². The zero-order chi connectivity index (χ0) is 18.7. The van der Waals surface area contributed by atoms with Gasteiger partial charge in [-0.15, -0.1) is 5.10 Å². The number of methoxy groups -OCH3 is 1. The number of rotatable bonds is 4. The lowest BCUT2D eigenvalue weighted by Crippen LogP contribution is -2.45. The van der Waals surface area contributed by atoms with Crippen molar-refractivity contribution in [1.82, 2.24) is 15.2 Å². The van der Waals surface area contributed by atoms with E-state index in [-0.39, 0.29) is 0 Å². The first-order valence-corrected chi connectivity index (χ1v) is 8.85. The van der Waals surface area contributed by atoms with Crippen molar-refractivity contribution < 1.29 is 19.0 Å². The maximum atomic E-state index is 11.7. The fourth-order valence-electron chi connectivity index (χ4n) is 3.31. The Bertz CT molecular complexity index is 815. The monoisotopic (exact) mass is 371 g/mol. The van der Waals surface area contributed by atoms with Gasteiger partial charge < -0.3 is 24.4 Å². The van der Waals surface area contributed by atoms with Crippen LogP contribution in [-0.4, -0.2) is 60.4 Å². The van der Waals surface area contributed by atoms with Crippen LogP contribution in [0.15, 0.2) is 30.5 Å². The number of carbonyl (C=O) groups excluding carboxylic acids is 1. The van der Waals surface area contributed by atoms with Crippen molar-refractivity contribution >= 4 is 23.4 Å². The van der Waals surface area contributed by atoms with Gasteiger partial charge in [0.2, 0.25) is 5.95 Å². The van der Waals surface area contributed by atoms with Crippen LogP contribution in [0.2, 0.25) is 0 Å². The highest BCUT2D eigenvalue weighted by molar-refractivity contribution is 5.90. The highest BCUT2D eigenvalue weighted by Crippen LogP contribution is 2.32. The molecule has 0 unspecified atom stereocenters. The van der Waals surface area contributed by atoms with E-state index in [0.717, 1.165) is 31.6 Å². The lowest BCUT2D eigenvalue weighted by Gasteiger charge is -2.37. The molecule has 1 aromatic heterocycles. The molecular weight excluding hydrogens is 350 g/mol. The molecule has 142 valence electrons. The van der Waals surface area contributed by atoms with Crippen molar-refractivity contribution in [1.29, 1.82) is 0 Å². The molecule has 0 amide bonds. The smallest absolute Gasteiger partial charge is 0.337 e. The fraction of sp³-hybridized carbons (Fsp3) is 0.444. The largest absolute Gasteiger partial charge is 0.465 e. The molecule has 1 spiro atoms. The Morgan fingerprint density at radius 2 is 2.04 bits per heavy atom. The molecule has 2 aromatic rings. The number of esters is 1. The zero-order valence-electron chi connectivity index (χ0n) is 15.1. The van der Waals surface area contributed by atoms with Crippen molar-refractivity contribution in [2.45, 2.75) is 18.6 Å². The van der Waals surface area contributed by atoms with Crippen molar-refractivity contribution in [3.8, 4) is 0 Å². The summed E-state index contributed by atoms with van der Waals surface area (Å²) in [5.74, 6) is 0.278. The third-order valence-electron chi connectivity index (χ3n) is 4.73. The molecule has 2 saturated heterocycles. The number of hydrogen-bond acceptors (Lipinski definition) is 9. The van der Waals surface area contributed by atoms with Gasteiger partial charge in [-0.3, -0.25) is 0 Å². The molecule has 3 heterocycles. The van der Waals surface area contributed by atoms with Gasteiger partial charge in [-0.25, -0.2) is 4.79 Å². The van der Waals surface area contributed by atoms with Crippen LogP contribution in [0.25, 0.3) is 0 Å². The van der Waals surface area contributed by atoms with E-state index in [0.29, 0.717) is 30.5 Å². The third-order valence-corrected chi connectivity index (χ3v) is 4.73. The first kappa shape index (κ1) is 17.6. The molecule has 0 radical (unpaired) electrons. The summed E-state index contributed by atoms with van der Waals surface area (Å²) in [6.45, 7) is 2.79. The van der Waals surface area contributed by atoms with Crippen LogP contribution < -0.4 is 10.2 Å². The summed E-state index contributed by atoms with van der Waals surface area (Å²) in [5, 5.41) is 11.3. The van der Waals surface area contributed by atoms with Crippen molar-refractivity contribution in [2.24, 2.45) is 0 Å². The minimum absolute atomic E-state index is 0.390. The van der Waals surface area contributed by atoms with Gasteiger partial charge in [0, 0.05) is 31.6 Å². The molecule has 9 nitrogen and oxygen atoms in total. The molecule has 4 rings (SSSR count). The number of benzene rings is 1. The van der Waals surface area contributed by atoms with E-state index in [2.05, 4.69) is 25.4 Å². The third kappa shape index (κ3) is 3.83. The molecule has 27 heavy (non-hydrogen) atoms. The number of nitrogens with zero attached hydrogens (tertiary/aromatic N) is 4. The predicted molar refractivity (Wildman–Crippen MR) is 97.0 cm³/mol. The van der Waals surface area contributed by atoms with Crippen LogP contribution in [0.3, 0.4) is 0 Å². The van der Waals surface area contributed by atoms with Crippen LogP contribution in [0, 0.1) is 0 Å². The summed E-state index contributed by atoms with van der Waals surface area (Å²) in [5.41, 5.74) is 1.18. The molecule has 0 saturated carbocycles.